The van der Waals surface area contributed by atoms with Gasteiger partial charge in [-0.1, -0.05) is 0 Å². The second-order valence-electron chi connectivity index (χ2n) is 5.08. The highest BCUT2D eigenvalue weighted by Gasteiger charge is 2.22. The molecular formula is C15H23N3O3. The summed E-state index contributed by atoms with van der Waals surface area (Å²) in [6, 6.07) is 3.56. The van der Waals surface area contributed by atoms with Crippen LogP contribution in [0.4, 0.5) is 4.79 Å². The molecule has 0 saturated heterocycles. The Balaban J connectivity index is 2.76. The summed E-state index contributed by atoms with van der Waals surface area (Å²) in [6.07, 6.45) is 3.34. The summed E-state index contributed by atoms with van der Waals surface area (Å²) in [4.78, 5) is 30.6. The Kier molecular flexibility index (Phi) is 6.65. The highest BCUT2D eigenvalue weighted by molar-refractivity contribution is 5.75. The minimum Gasteiger partial charge on any atom is -0.481 e. The van der Waals surface area contributed by atoms with Gasteiger partial charge in [0.05, 0.1) is 6.42 Å². The Morgan fingerprint density at radius 3 is 2.38 bits per heavy atom. The molecule has 0 aliphatic carbocycles. The molecule has 0 aliphatic rings. The second-order valence-corrected chi connectivity index (χ2v) is 5.08. The van der Waals surface area contributed by atoms with E-state index in [0.29, 0.717) is 13.1 Å². The molecule has 0 aromatic carbocycles. The van der Waals surface area contributed by atoms with Crippen molar-refractivity contribution in [2.24, 2.45) is 0 Å². The largest absolute Gasteiger partial charge is 0.481 e. The van der Waals surface area contributed by atoms with E-state index in [0.717, 1.165) is 5.56 Å². The Morgan fingerprint density at radius 2 is 1.90 bits per heavy atom. The summed E-state index contributed by atoms with van der Waals surface area (Å²) in [7, 11) is 0. The van der Waals surface area contributed by atoms with Crippen molar-refractivity contribution in [2.75, 3.05) is 13.1 Å². The van der Waals surface area contributed by atoms with E-state index >= 15 is 0 Å². The van der Waals surface area contributed by atoms with E-state index in [4.69, 9.17) is 5.11 Å². The average Bonchev–Trinajstić information content (AvgIpc) is 2.45. The fraction of sp³-hybridized carbons (Fsp3) is 0.533. The normalized spacial score (nSPS) is 10.5. The number of pyridine rings is 1. The van der Waals surface area contributed by atoms with Crippen LogP contribution in [0.1, 0.15) is 32.8 Å². The molecule has 0 atom stereocenters. The maximum Gasteiger partial charge on any atom is 0.320 e. The first-order valence-corrected chi connectivity index (χ1v) is 7.12. The summed E-state index contributed by atoms with van der Waals surface area (Å²) in [5.74, 6) is -0.898. The molecule has 6 heteroatoms. The van der Waals surface area contributed by atoms with Gasteiger partial charge in [-0.2, -0.15) is 0 Å². The quantitative estimate of drug-likeness (QED) is 0.836. The predicted octanol–water partition coefficient (Wildman–Crippen LogP) is 2.21. The zero-order chi connectivity index (χ0) is 15.8. The lowest BCUT2D eigenvalue weighted by Gasteiger charge is -2.32. The smallest absolute Gasteiger partial charge is 0.320 e. The number of aromatic nitrogens is 1. The van der Waals surface area contributed by atoms with Gasteiger partial charge in [0.15, 0.2) is 0 Å². The highest BCUT2D eigenvalue weighted by Crippen LogP contribution is 2.10. The Bertz CT molecular complexity index is 462. The number of aliphatic carboxylic acids is 1. The first-order chi connectivity index (χ1) is 9.95. The van der Waals surface area contributed by atoms with Gasteiger partial charge in [-0.05, 0) is 38.5 Å². The molecule has 0 fully saturated rings. The molecule has 0 radical (unpaired) electrons. The van der Waals surface area contributed by atoms with Crippen molar-refractivity contribution in [1.82, 2.24) is 14.8 Å². The van der Waals surface area contributed by atoms with Crippen LogP contribution < -0.4 is 0 Å². The number of nitrogens with zero attached hydrogens (tertiary/aromatic N) is 3. The van der Waals surface area contributed by atoms with Gasteiger partial charge in [-0.25, -0.2) is 4.79 Å². The van der Waals surface area contributed by atoms with E-state index in [1.165, 1.54) is 0 Å². The van der Waals surface area contributed by atoms with Gasteiger partial charge < -0.3 is 14.9 Å². The van der Waals surface area contributed by atoms with Crippen LogP contribution in [-0.2, 0) is 11.3 Å². The molecule has 2 amide bonds. The Morgan fingerprint density at radius 1 is 1.29 bits per heavy atom. The summed E-state index contributed by atoms with van der Waals surface area (Å²) >= 11 is 0. The maximum absolute atomic E-state index is 12.6. The third-order valence-corrected chi connectivity index (χ3v) is 3.21. The van der Waals surface area contributed by atoms with Gasteiger partial charge in [0.25, 0.3) is 0 Å². The monoisotopic (exact) mass is 293 g/mol. The van der Waals surface area contributed by atoms with Crippen molar-refractivity contribution in [2.45, 2.75) is 39.8 Å². The predicted molar refractivity (Wildman–Crippen MR) is 79.8 cm³/mol. The van der Waals surface area contributed by atoms with Crippen molar-refractivity contribution in [3.63, 3.8) is 0 Å². The van der Waals surface area contributed by atoms with E-state index < -0.39 is 5.97 Å². The third-order valence-electron chi connectivity index (χ3n) is 3.21. The molecule has 1 rings (SSSR count). The van der Waals surface area contributed by atoms with Crippen molar-refractivity contribution < 1.29 is 14.7 Å². The fourth-order valence-electron chi connectivity index (χ4n) is 2.00. The number of carbonyl (C=O) groups excluding carboxylic acids is 1. The maximum atomic E-state index is 12.6. The van der Waals surface area contributed by atoms with Gasteiger partial charge >= 0.3 is 12.0 Å². The summed E-state index contributed by atoms with van der Waals surface area (Å²) < 4.78 is 0. The molecule has 116 valence electrons. The van der Waals surface area contributed by atoms with E-state index in [2.05, 4.69) is 4.98 Å². The molecule has 1 aromatic heterocycles. The van der Waals surface area contributed by atoms with Crippen LogP contribution in [-0.4, -0.2) is 51.0 Å². The lowest BCUT2D eigenvalue weighted by molar-refractivity contribution is -0.137. The molecule has 1 N–H and O–H groups in total. The minimum absolute atomic E-state index is 0.0386. The number of urea groups is 1. The molecule has 1 aromatic rings. The molecular weight excluding hydrogens is 270 g/mol. The average molecular weight is 293 g/mol. The zero-order valence-corrected chi connectivity index (χ0v) is 12.8. The Hall–Kier alpha value is -2.11. The van der Waals surface area contributed by atoms with Crippen LogP contribution in [0.3, 0.4) is 0 Å². The van der Waals surface area contributed by atoms with Crippen LogP contribution in [0, 0.1) is 0 Å². The Labute approximate surface area is 125 Å². The zero-order valence-electron chi connectivity index (χ0n) is 12.8. The number of rotatable bonds is 7. The number of carboxylic acids is 1. The number of hydrogen-bond donors (Lipinski definition) is 1. The summed E-state index contributed by atoms with van der Waals surface area (Å²) in [5, 5.41) is 8.80. The van der Waals surface area contributed by atoms with E-state index in [-0.39, 0.29) is 25.0 Å². The molecule has 0 aliphatic heterocycles. The number of amides is 2. The summed E-state index contributed by atoms with van der Waals surface area (Å²) in [5.41, 5.74) is 1.00. The lowest BCUT2D eigenvalue weighted by Crippen LogP contribution is -2.46. The van der Waals surface area contributed by atoms with Crippen molar-refractivity contribution in [1.29, 1.82) is 0 Å². The third kappa shape index (κ3) is 5.41. The highest BCUT2D eigenvalue weighted by atomic mass is 16.4. The van der Waals surface area contributed by atoms with Crippen molar-refractivity contribution in [3.05, 3.63) is 30.1 Å². The molecule has 6 nitrogen and oxygen atoms in total. The first kappa shape index (κ1) is 16.9. The molecule has 21 heavy (non-hydrogen) atoms. The fourth-order valence-corrected chi connectivity index (χ4v) is 2.00. The van der Waals surface area contributed by atoms with Gasteiger partial charge in [-0.3, -0.25) is 9.78 Å². The first-order valence-electron chi connectivity index (χ1n) is 7.12. The van der Waals surface area contributed by atoms with Gasteiger partial charge in [-0.15, -0.1) is 0 Å². The van der Waals surface area contributed by atoms with Crippen LogP contribution in [0.25, 0.3) is 0 Å². The molecule has 0 saturated carbocycles. The molecule has 0 unspecified atom stereocenters. The molecule has 0 bridgehead atoms. The van der Waals surface area contributed by atoms with Gasteiger partial charge in [0.2, 0.25) is 0 Å². The molecule has 1 heterocycles. The van der Waals surface area contributed by atoms with Crippen LogP contribution in [0.15, 0.2) is 24.5 Å². The van der Waals surface area contributed by atoms with Crippen molar-refractivity contribution >= 4 is 12.0 Å². The van der Waals surface area contributed by atoms with Gasteiger partial charge in [0.1, 0.15) is 0 Å². The van der Waals surface area contributed by atoms with E-state index in [1.807, 2.05) is 32.9 Å². The standard InChI is InChI=1S/C15H23N3O3/c1-4-17(11-13-5-8-16-9-6-13)15(21)18(12(2)3)10-7-14(19)20/h5-6,8-9,12H,4,7,10-11H2,1-3H3,(H,19,20). The van der Waals surface area contributed by atoms with E-state index in [9.17, 15) is 9.59 Å². The van der Waals surface area contributed by atoms with Gasteiger partial charge in [0, 0.05) is 38.1 Å². The topological polar surface area (TPSA) is 73.7 Å². The molecule has 0 spiro atoms. The van der Waals surface area contributed by atoms with Crippen molar-refractivity contribution in [3.8, 4) is 0 Å². The SMILES string of the molecule is CCN(Cc1ccncc1)C(=O)N(CCC(=O)O)C(C)C. The van der Waals surface area contributed by atoms with E-state index in [1.54, 1.807) is 22.2 Å². The number of hydrogen-bond acceptors (Lipinski definition) is 3. The van der Waals surface area contributed by atoms with Crippen LogP contribution in [0.2, 0.25) is 0 Å². The van der Waals surface area contributed by atoms with Crippen LogP contribution in [0.5, 0.6) is 0 Å². The summed E-state index contributed by atoms with van der Waals surface area (Å²) in [6.45, 7) is 6.97. The lowest BCUT2D eigenvalue weighted by atomic mass is 10.2. The number of carbonyl (C=O) groups is 2. The number of carboxylic acid groups (broad SMARTS) is 1. The van der Waals surface area contributed by atoms with Crippen LogP contribution >= 0.6 is 0 Å². The minimum atomic E-state index is -0.898. The second kappa shape index (κ2) is 8.24.